The Hall–Kier alpha value is -3.13. The molecule has 3 aromatic rings. The fraction of sp³-hybridized carbons (Fsp3) is 0.500. The lowest BCUT2D eigenvalue weighted by Gasteiger charge is -2.30. The Balaban J connectivity index is 1.60. The van der Waals surface area contributed by atoms with E-state index in [0.717, 1.165) is 6.26 Å². The summed E-state index contributed by atoms with van der Waals surface area (Å²) in [6.07, 6.45) is -2.14. The van der Waals surface area contributed by atoms with Gasteiger partial charge in [-0.3, -0.25) is 19.3 Å². The second kappa shape index (κ2) is 12.9. The molecule has 0 saturated carbocycles. The molecular weight excluding hydrogens is 659 g/mol. The first-order valence-electron chi connectivity index (χ1n) is 13.3. The third kappa shape index (κ3) is 8.00. The third-order valence-corrected chi connectivity index (χ3v) is 8.95. The number of imidazole rings is 1. The number of fused-ring (bicyclic) bond motifs is 1. The number of halogens is 1. The predicted octanol–water partition coefficient (Wildman–Crippen LogP) is 1.08. The number of benzene rings is 1. The van der Waals surface area contributed by atoms with Crippen LogP contribution in [0, 0.1) is 0 Å². The van der Waals surface area contributed by atoms with Crippen molar-refractivity contribution < 1.29 is 46.5 Å². The summed E-state index contributed by atoms with van der Waals surface area (Å²) in [7, 11) is -8.10. The van der Waals surface area contributed by atoms with Crippen molar-refractivity contribution >= 4 is 58.3 Å². The van der Waals surface area contributed by atoms with E-state index < -0.39 is 59.9 Å². The molecule has 1 saturated heterocycles. The van der Waals surface area contributed by atoms with Gasteiger partial charge in [0, 0.05) is 5.02 Å². The Morgan fingerprint density at radius 1 is 1.29 bits per heavy atom. The first kappa shape index (κ1) is 34.7. The zero-order valence-corrected chi connectivity index (χ0v) is 27.3. The maximum Gasteiger partial charge on any atom is 0.459 e. The van der Waals surface area contributed by atoms with Gasteiger partial charge in [0.25, 0.3) is 0 Å². The lowest BCUT2D eigenvalue weighted by Crippen LogP contribution is -2.47. The minimum Gasteiger partial charge on any atom is -0.465 e. The van der Waals surface area contributed by atoms with Gasteiger partial charge in [0.1, 0.15) is 29.1 Å². The van der Waals surface area contributed by atoms with Gasteiger partial charge >= 0.3 is 13.7 Å². The van der Waals surface area contributed by atoms with Gasteiger partial charge in [-0.2, -0.15) is 15.1 Å². The minimum absolute atomic E-state index is 0.0222. The summed E-state index contributed by atoms with van der Waals surface area (Å²) in [5.74, 6) is -1.00. The number of hydrazine groups is 1. The molecule has 5 atom stereocenters. The van der Waals surface area contributed by atoms with Gasteiger partial charge in [0.05, 0.1) is 25.8 Å². The molecule has 0 bridgehead atoms. The maximum atomic E-state index is 14.0. The number of rotatable bonds is 13. The Morgan fingerprint density at radius 2 is 1.96 bits per heavy atom. The number of aromatic nitrogens is 4. The summed E-state index contributed by atoms with van der Waals surface area (Å²) < 4.78 is 60.7. The van der Waals surface area contributed by atoms with Crippen LogP contribution >= 0.6 is 19.3 Å². The Bertz CT molecular complexity index is 1710. The highest BCUT2D eigenvalue weighted by Gasteiger charge is 2.54. The molecule has 0 amide bonds. The number of aliphatic hydroxyl groups is 2. The zero-order valence-electron chi connectivity index (χ0n) is 24.8. The van der Waals surface area contributed by atoms with E-state index in [1.54, 1.807) is 6.92 Å². The van der Waals surface area contributed by atoms with Gasteiger partial charge in [0.15, 0.2) is 23.2 Å². The molecule has 2 aromatic heterocycles. The van der Waals surface area contributed by atoms with Gasteiger partial charge in [-0.15, -0.1) is 4.83 Å². The van der Waals surface area contributed by atoms with E-state index in [9.17, 15) is 28.0 Å². The van der Waals surface area contributed by atoms with Crippen LogP contribution in [0.4, 0.5) is 11.8 Å². The highest BCUT2D eigenvalue weighted by atomic mass is 35.5. The van der Waals surface area contributed by atoms with Crippen molar-refractivity contribution in [1.29, 1.82) is 0 Å². The number of hydrogen-bond donors (Lipinski definition) is 6. The number of nitrogen functional groups attached to an aromatic ring is 1. The van der Waals surface area contributed by atoms with Crippen molar-refractivity contribution in [3.05, 3.63) is 35.6 Å². The van der Waals surface area contributed by atoms with Gasteiger partial charge in [-0.1, -0.05) is 11.6 Å². The van der Waals surface area contributed by atoms with E-state index in [0.29, 0.717) is 5.02 Å². The molecular formula is C24H34ClN8O10PS. The quantitative estimate of drug-likeness (QED) is 0.0832. The standard InChI is InChI=1S/C24H34ClN8O10PS/c1-6-40-21(35)23(2,3)31-44(37,43-14-9-7-13(25)8-10-14)41-11-15-17(34)24(4,36)20(42-15)33-12-27-16-18(30-32-45(5,38)39)28-22(26)29-19(16)33/h7-10,12,15,17,20,32,34,36H,6,11H2,1-5H3,(H,31,37)(H3,26,28,29,30)/t15?,17-,20?,24-,44?/m1/s1. The van der Waals surface area contributed by atoms with E-state index >= 15 is 0 Å². The summed E-state index contributed by atoms with van der Waals surface area (Å²) in [5, 5.41) is 25.4. The molecule has 1 aliphatic heterocycles. The predicted molar refractivity (Wildman–Crippen MR) is 161 cm³/mol. The van der Waals surface area contributed by atoms with Gasteiger partial charge < -0.3 is 29.9 Å². The Kier molecular flexibility index (Phi) is 9.99. The molecule has 18 nitrogen and oxygen atoms in total. The molecule has 0 spiro atoms. The van der Waals surface area contributed by atoms with Crippen LogP contribution in [0.15, 0.2) is 30.6 Å². The van der Waals surface area contributed by atoms with Crippen molar-refractivity contribution in [3.8, 4) is 5.75 Å². The number of aliphatic hydroxyl groups excluding tert-OH is 1. The first-order chi connectivity index (χ1) is 20.8. The Labute approximate surface area is 263 Å². The highest BCUT2D eigenvalue weighted by Crippen LogP contribution is 2.48. The third-order valence-electron chi connectivity index (χ3n) is 6.45. The van der Waals surface area contributed by atoms with Crippen LogP contribution in [0.25, 0.3) is 11.2 Å². The highest BCUT2D eigenvalue weighted by molar-refractivity contribution is 7.88. The number of nitrogens with one attached hydrogen (secondary N) is 3. The summed E-state index contributed by atoms with van der Waals surface area (Å²) in [4.78, 5) is 26.9. The summed E-state index contributed by atoms with van der Waals surface area (Å²) in [5.41, 5.74) is 4.75. The monoisotopic (exact) mass is 692 g/mol. The van der Waals surface area contributed by atoms with Crippen molar-refractivity contribution in [2.24, 2.45) is 0 Å². The lowest BCUT2D eigenvalue weighted by atomic mass is 9.96. The van der Waals surface area contributed by atoms with E-state index in [2.05, 4.69) is 30.3 Å². The average Bonchev–Trinajstić information content (AvgIpc) is 3.44. The normalized spacial score (nSPS) is 23.5. The second-order valence-corrected chi connectivity index (χ2v) is 14.6. The topological polar surface area (TPSA) is 251 Å². The average molecular weight is 693 g/mol. The molecule has 0 radical (unpaired) electrons. The summed E-state index contributed by atoms with van der Waals surface area (Å²) in [6.45, 7) is 5.20. The molecule has 3 unspecified atom stereocenters. The number of esters is 1. The number of carbonyl (C=O) groups is 1. The van der Waals surface area contributed by atoms with Gasteiger partial charge in [0.2, 0.25) is 16.0 Å². The zero-order chi connectivity index (χ0) is 33.4. The van der Waals surface area contributed by atoms with E-state index in [1.807, 2.05) is 0 Å². The van der Waals surface area contributed by atoms with E-state index in [4.69, 9.17) is 35.9 Å². The van der Waals surface area contributed by atoms with Crippen LogP contribution in [0.1, 0.15) is 33.9 Å². The van der Waals surface area contributed by atoms with Crippen LogP contribution in [-0.4, -0.2) is 86.9 Å². The number of sulfonamides is 1. The van der Waals surface area contributed by atoms with Crippen LogP contribution < -0.4 is 25.6 Å². The van der Waals surface area contributed by atoms with Crippen LogP contribution in [-0.2, 0) is 33.4 Å². The van der Waals surface area contributed by atoms with E-state index in [-0.39, 0.29) is 35.3 Å². The molecule has 4 rings (SSSR count). The molecule has 3 heterocycles. The molecule has 0 aliphatic carbocycles. The molecule has 7 N–H and O–H groups in total. The molecule has 1 fully saturated rings. The molecule has 1 aromatic carbocycles. The first-order valence-corrected chi connectivity index (χ1v) is 17.1. The fourth-order valence-electron chi connectivity index (χ4n) is 4.30. The Morgan fingerprint density at radius 3 is 2.58 bits per heavy atom. The minimum atomic E-state index is -4.42. The number of ether oxygens (including phenoxy) is 2. The molecule has 1 aliphatic rings. The smallest absolute Gasteiger partial charge is 0.459 e. The largest absolute Gasteiger partial charge is 0.465 e. The van der Waals surface area contributed by atoms with Crippen molar-refractivity contribution in [2.45, 2.75) is 57.3 Å². The van der Waals surface area contributed by atoms with Crippen molar-refractivity contribution in [1.82, 2.24) is 29.4 Å². The second-order valence-electron chi connectivity index (χ2n) is 10.7. The number of nitrogens with zero attached hydrogens (tertiary/aromatic N) is 4. The van der Waals surface area contributed by atoms with Crippen LogP contribution in [0.2, 0.25) is 5.02 Å². The van der Waals surface area contributed by atoms with Gasteiger partial charge in [-0.25, -0.2) is 18.0 Å². The van der Waals surface area contributed by atoms with Crippen molar-refractivity contribution in [3.63, 3.8) is 0 Å². The number of carbonyl (C=O) groups excluding carboxylic acids is 1. The number of anilines is 2. The van der Waals surface area contributed by atoms with E-state index in [1.165, 1.54) is 55.9 Å². The maximum absolute atomic E-state index is 14.0. The van der Waals surface area contributed by atoms with Crippen molar-refractivity contribution in [2.75, 3.05) is 30.6 Å². The fourth-order valence-corrected chi connectivity index (χ4v) is 6.39. The van der Waals surface area contributed by atoms with Gasteiger partial charge in [-0.05, 0) is 52.0 Å². The molecule has 21 heteroatoms. The number of nitrogens with two attached hydrogens (primary N) is 1. The lowest BCUT2D eigenvalue weighted by molar-refractivity contribution is -0.149. The summed E-state index contributed by atoms with van der Waals surface area (Å²) in [6, 6.07) is 5.86. The molecule has 45 heavy (non-hydrogen) atoms. The summed E-state index contributed by atoms with van der Waals surface area (Å²) >= 11 is 5.95. The number of hydrogen-bond acceptors (Lipinski definition) is 15. The van der Waals surface area contributed by atoms with Crippen LogP contribution in [0.5, 0.6) is 5.75 Å². The van der Waals surface area contributed by atoms with Crippen LogP contribution in [0.3, 0.4) is 0 Å². The molecule has 248 valence electrons. The SMILES string of the molecule is CCOC(=O)C(C)(C)NP(=O)(OCC1OC(n2cnc3c(NNS(C)(=O)=O)nc(N)nc32)[C@](C)(O)[C@@H]1O)Oc1ccc(Cl)cc1.